The van der Waals surface area contributed by atoms with Crippen LogP contribution in [0.25, 0.3) is 33.4 Å². The molecule has 0 saturated carbocycles. The smallest absolute Gasteiger partial charge is 0.123 e. The van der Waals surface area contributed by atoms with Crippen LogP contribution < -0.4 is 0 Å². The van der Waals surface area contributed by atoms with Gasteiger partial charge in [-0.3, -0.25) is 0 Å². The van der Waals surface area contributed by atoms with Crippen molar-refractivity contribution in [2.75, 3.05) is 0 Å². The van der Waals surface area contributed by atoms with E-state index >= 15 is 0 Å². The summed E-state index contributed by atoms with van der Waals surface area (Å²) in [6.45, 7) is 0. The molecule has 0 bridgehead atoms. The third-order valence-electron chi connectivity index (χ3n) is 9.51. The maximum atomic E-state index is 11.6. The molecule has 0 fully saturated rings. The number of benzene rings is 6. The summed E-state index contributed by atoms with van der Waals surface area (Å²) in [6, 6.07) is 50.7. The van der Waals surface area contributed by atoms with E-state index in [1.165, 1.54) is 50.1 Å². The highest BCUT2D eigenvalue weighted by molar-refractivity contribution is 5.99. The molecular weight excluding hydrogens is 472 g/mol. The first-order chi connectivity index (χ1) is 19.3. The van der Waals surface area contributed by atoms with Gasteiger partial charge in [-0.1, -0.05) is 133 Å². The molecule has 182 valence electrons. The summed E-state index contributed by atoms with van der Waals surface area (Å²) >= 11 is 0. The molecule has 1 N–H and O–H groups in total. The van der Waals surface area contributed by atoms with Gasteiger partial charge in [0.25, 0.3) is 0 Å². The van der Waals surface area contributed by atoms with E-state index < -0.39 is 10.8 Å². The highest BCUT2D eigenvalue weighted by Crippen LogP contribution is 2.73. The lowest BCUT2D eigenvalue weighted by molar-refractivity contribution is 0.400. The van der Waals surface area contributed by atoms with Gasteiger partial charge < -0.3 is 5.11 Å². The van der Waals surface area contributed by atoms with Crippen molar-refractivity contribution >= 4 is 0 Å². The van der Waals surface area contributed by atoms with Gasteiger partial charge in [-0.25, -0.2) is 0 Å². The molecule has 0 spiro atoms. The van der Waals surface area contributed by atoms with E-state index in [0.29, 0.717) is 5.75 Å². The Balaban J connectivity index is 1.67. The van der Waals surface area contributed by atoms with Crippen molar-refractivity contribution in [1.29, 1.82) is 0 Å². The summed E-state index contributed by atoms with van der Waals surface area (Å²) in [6.07, 6.45) is 0. The molecule has 3 aliphatic rings. The molecule has 0 atom stereocenters. The average Bonchev–Trinajstić information content (AvgIpc) is 3.01. The highest BCUT2D eigenvalue weighted by Gasteiger charge is 2.66. The average molecular weight is 497 g/mol. The van der Waals surface area contributed by atoms with E-state index in [1.807, 2.05) is 12.1 Å². The summed E-state index contributed by atoms with van der Waals surface area (Å²) in [7, 11) is 0. The van der Waals surface area contributed by atoms with Crippen molar-refractivity contribution in [2.24, 2.45) is 0 Å². The van der Waals surface area contributed by atoms with E-state index in [9.17, 15) is 5.11 Å². The van der Waals surface area contributed by atoms with Crippen molar-refractivity contribution in [1.82, 2.24) is 0 Å². The number of rotatable bonds is 0. The van der Waals surface area contributed by atoms with Gasteiger partial charge in [-0.15, -0.1) is 0 Å². The van der Waals surface area contributed by atoms with E-state index in [4.69, 9.17) is 0 Å². The molecule has 39 heavy (non-hydrogen) atoms. The first kappa shape index (κ1) is 21.1. The molecule has 0 heterocycles. The second-order valence-corrected chi connectivity index (χ2v) is 10.9. The van der Waals surface area contributed by atoms with Gasteiger partial charge in [0.2, 0.25) is 0 Å². The van der Waals surface area contributed by atoms with E-state index in [-0.39, 0.29) is 0 Å². The Bertz CT molecular complexity index is 1900. The van der Waals surface area contributed by atoms with Crippen LogP contribution in [0, 0.1) is 0 Å². The SMILES string of the molecule is Oc1cccc2c1-c1ccccc1C13c4ccccc4-c4ccccc4C21c1ccccc1-c1ccccc13. The standard InChI is InChI=1S/C38H24O/c39-35-23-11-22-34-36(35)28-16-5-10-21-33(28)37-29-17-6-1-12-24(29)26-14-3-8-19-31(26)38(34,37)32-20-9-4-15-27(32)25-13-2-7-18-30(25)37/h1-23,39H. The van der Waals surface area contributed by atoms with Crippen LogP contribution in [0.3, 0.4) is 0 Å². The number of phenols is 1. The Hall–Kier alpha value is -4.88. The van der Waals surface area contributed by atoms with Crippen LogP contribution in [0.4, 0.5) is 0 Å². The Morgan fingerprint density at radius 2 is 0.615 bits per heavy atom. The zero-order chi connectivity index (χ0) is 25.8. The summed E-state index contributed by atoms with van der Waals surface area (Å²) < 4.78 is 0. The van der Waals surface area contributed by atoms with E-state index in [0.717, 1.165) is 16.7 Å². The van der Waals surface area contributed by atoms with Crippen LogP contribution in [0.15, 0.2) is 140 Å². The number of aromatic hydroxyl groups is 1. The topological polar surface area (TPSA) is 20.2 Å². The van der Waals surface area contributed by atoms with Crippen molar-refractivity contribution in [3.8, 4) is 39.1 Å². The molecule has 0 radical (unpaired) electrons. The number of hydrogen-bond donors (Lipinski definition) is 1. The zero-order valence-corrected chi connectivity index (χ0v) is 21.2. The fourth-order valence-electron chi connectivity index (χ4n) is 8.43. The molecule has 3 aliphatic carbocycles. The molecule has 6 aromatic carbocycles. The summed E-state index contributed by atoms with van der Waals surface area (Å²) in [4.78, 5) is 0. The Labute approximate surface area is 227 Å². The largest absolute Gasteiger partial charge is 0.507 e. The summed E-state index contributed by atoms with van der Waals surface area (Å²) in [5.41, 5.74) is 13.6. The van der Waals surface area contributed by atoms with Crippen molar-refractivity contribution in [3.63, 3.8) is 0 Å². The first-order valence-electron chi connectivity index (χ1n) is 13.6. The lowest BCUT2D eigenvalue weighted by Gasteiger charge is -2.62. The maximum Gasteiger partial charge on any atom is 0.123 e. The van der Waals surface area contributed by atoms with Crippen molar-refractivity contribution in [2.45, 2.75) is 10.8 Å². The summed E-state index contributed by atoms with van der Waals surface area (Å²) in [5, 5.41) is 11.6. The van der Waals surface area contributed by atoms with Gasteiger partial charge in [-0.2, -0.15) is 0 Å². The van der Waals surface area contributed by atoms with Crippen LogP contribution in [0.5, 0.6) is 5.75 Å². The normalized spacial score (nSPS) is 20.6. The van der Waals surface area contributed by atoms with E-state index in [1.54, 1.807) is 0 Å². The van der Waals surface area contributed by atoms with Crippen LogP contribution in [0.1, 0.15) is 33.4 Å². The zero-order valence-electron chi connectivity index (χ0n) is 21.2. The van der Waals surface area contributed by atoms with Crippen molar-refractivity contribution in [3.05, 3.63) is 173 Å². The second-order valence-electron chi connectivity index (χ2n) is 10.9. The highest BCUT2D eigenvalue weighted by atomic mass is 16.3. The van der Waals surface area contributed by atoms with Crippen LogP contribution in [-0.4, -0.2) is 5.11 Å². The minimum atomic E-state index is -0.592. The first-order valence-corrected chi connectivity index (χ1v) is 13.6. The molecule has 9 rings (SSSR count). The second kappa shape index (κ2) is 7.15. The molecule has 0 aliphatic heterocycles. The molecule has 0 unspecified atom stereocenters. The third kappa shape index (κ3) is 2.19. The van der Waals surface area contributed by atoms with Gasteiger partial charge in [0.05, 0.1) is 10.8 Å². The third-order valence-corrected chi connectivity index (χ3v) is 9.51. The Kier molecular flexibility index (Phi) is 3.87. The molecule has 1 nitrogen and oxygen atoms in total. The minimum absolute atomic E-state index is 0.329. The number of fused-ring (bicyclic) bond motifs is 9. The predicted molar refractivity (Wildman–Crippen MR) is 157 cm³/mol. The lowest BCUT2D eigenvalue weighted by atomic mass is 9.38. The minimum Gasteiger partial charge on any atom is -0.507 e. The fraction of sp³-hybridized carbons (Fsp3) is 0.0526. The van der Waals surface area contributed by atoms with Gasteiger partial charge in [0, 0.05) is 5.56 Å². The van der Waals surface area contributed by atoms with Gasteiger partial charge in [0.1, 0.15) is 5.75 Å². The molecule has 6 aromatic rings. The fourth-order valence-corrected chi connectivity index (χ4v) is 8.43. The van der Waals surface area contributed by atoms with Gasteiger partial charge in [-0.05, 0) is 67.3 Å². The summed E-state index contributed by atoms with van der Waals surface area (Å²) in [5.74, 6) is 0.329. The van der Waals surface area contributed by atoms with Gasteiger partial charge >= 0.3 is 0 Å². The number of phenolic OH excluding ortho intramolecular Hbond substituents is 1. The van der Waals surface area contributed by atoms with Crippen LogP contribution >= 0.6 is 0 Å². The molecular formula is C38H24O. The predicted octanol–water partition coefficient (Wildman–Crippen LogP) is 8.70. The van der Waals surface area contributed by atoms with Crippen LogP contribution in [-0.2, 0) is 10.8 Å². The quantitative estimate of drug-likeness (QED) is 0.223. The Morgan fingerprint density at radius 3 is 1.05 bits per heavy atom. The molecule has 1 heteroatoms. The maximum absolute atomic E-state index is 11.6. The van der Waals surface area contributed by atoms with Crippen molar-refractivity contribution < 1.29 is 5.11 Å². The molecule has 0 saturated heterocycles. The van der Waals surface area contributed by atoms with Crippen LogP contribution in [0.2, 0.25) is 0 Å². The van der Waals surface area contributed by atoms with Gasteiger partial charge in [0.15, 0.2) is 0 Å². The molecule has 0 aromatic heterocycles. The van der Waals surface area contributed by atoms with E-state index in [2.05, 4.69) is 127 Å². The monoisotopic (exact) mass is 496 g/mol. The number of hydrogen-bond acceptors (Lipinski definition) is 1. The molecule has 0 amide bonds. The lowest BCUT2D eigenvalue weighted by Crippen LogP contribution is -2.58. The Morgan fingerprint density at radius 1 is 0.308 bits per heavy atom.